The number of anilines is 3. The number of aromatic nitrogens is 2. The maximum absolute atomic E-state index is 15.2. The van der Waals surface area contributed by atoms with Crippen LogP contribution in [0.1, 0.15) is 44.9 Å². The van der Waals surface area contributed by atoms with Crippen molar-refractivity contribution in [2.24, 2.45) is 0 Å². The van der Waals surface area contributed by atoms with Crippen molar-refractivity contribution >= 4 is 34.1 Å². The Bertz CT molecular complexity index is 1370. The van der Waals surface area contributed by atoms with Crippen molar-refractivity contribution in [3.05, 3.63) is 53.5 Å². The zero-order valence-corrected chi connectivity index (χ0v) is 22.9. The third kappa shape index (κ3) is 6.06. The Labute approximate surface area is 227 Å². The Hall–Kier alpha value is -3.53. The van der Waals surface area contributed by atoms with Crippen LogP contribution in [0, 0.1) is 18.6 Å². The van der Waals surface area contributed by atoms with Crippen molar-refractivity contribution in [2.45, 2.75) is 58.6 Å². The minimum Gasteiger partial charge on any atom is -0.444 e. The summed E-state index contributed by atoms with van der Waals surface area (Å²) in [6.07, 6.45) is 5.21. The molecule has 2 saturated heterocycles. The minimum absolute atomic E-state index is 0.124. The van der Waals surface area contributed by atoms with E-state index in [4.69, 9.17) is 9.47 Å². The topological polar surface area (TPSA) is 79.8 Å². The third-order valence-electron chi connectivity index (χ3n) is 7.15. The Morgan fingerprint density at radius 1 is 1.15 bits per heavy atom. The van der Waals surface area contributed by atoms with Gasteiger partial charge < -0.3 is 24.6 Å². The second-order valence-electron chi connectivity index (χ2n) is 11.2. The van der Waals surface area contributed by atoms with Gasteiger partial charge in [-0.1, -0.05) is 0 Å². The molecule has 2 aliphatic heterocycles. The van der Waals surface area contributed by atoms with E-state index < -0.39 is 17.2 Å². The normalized spacial score (nSPS) is 18.1. The molecule has 4 heterocycles. The van der Waals surface area contributed by atoms with Gasteiger partial charge in [-0.25, -0.2) is 13.6 Å². The van der Waals surface area contributed by atoms with Crippen molar-refractivity contribution in [1.82, 2.24) is 14.9 Å². The van der Waals surface area contributed by atoms with E-state index in [1.54, 1.807) is 17.3 Å². The lowest BCUT2D eigenvalue weighted by molar-refractivity contribution is 0.0226. The lowest BCUT2D eigenvalue weighted by Crippen LogP contribution is -2.40. The second kappa shape index (κ2) is 10.9. The summed E-state index contributed by atoms with van der Waals surface area (Å²) in [6, 6.07) is 3.96. The first kappa shape index (κ1) is 27.1. The van der Waals surface area contributed by atoms with Gasteiger partial charge in [0.25, 0.3) is 0 Å². The molecule has 2 aromatic heterocycles. The first-order valence-electron chi connectivity index (χ1n) is 13.4. The van der Waals surface area contributed by atoms with Gasteiger partial charge in [0.2, 0.25) is 0 Å². The molecule has 1 aromatic carbocycles. The van der Waals surface area contributed by atoms with Crippen molar-refractivity contribution < 1.29 is 23.0 Å². The number of carbonyl (C=O) groups excluding carboxylic acids is 1. The number of ether oxygens (including phenoxy) is 2. The molecule has 1 atom stereocenters. The highest BCUT2D eigenvalue weighted by Gasteiger charge is 2.33. The Balaban J connectivity index is 1.50. The fourth-order valence-corrected chi connectivity index (χ4v) is 5.28. The molecule has 208 valence electrons. The van der Waals surface area contributed by atoms with Gasteiger partial charge in [0.1, 0.15) is 17.2 Å². The molecule has 0 unspecified atom stereocenters. The van der Waals surface area contributed by atoms with Crippen LogP contribution in [-0.2, 0) is 15.9 Å². The van der Waals surface area contributed by atoms with Gasteiger partial charge in [0, 0.05) is 49.9 Å². The number of hydrogen-bond donors (Lipinski definition) is 1. The average molecular weight is 540 g/mol. The highest BCUT2D eigenvalue weighted by atomic mass is 19.1. The smallest absolute Gasteiger partial charge is 0.410 e. The molecule has 0 radical (unpaired) electrons. The molecule has 0 aliphatic carbocycles. The summed E-state index contributed by atoms with van der Waals surface area (Å²) in [4.78, 5) is 25.9. The number of rotatable bonds is 5. The number of nitrogens with zero attached hydrogens (tertiary/aromatic N) is 4. The van der Waals surface area contributed by atoms with Gasteiger partial charge in [0.15, 0.2) is 0 Å². The molecule has 2 aliphatic rings. The standard InChI is InChI=1S/C29H35F2N5O3/c1-18-24(15-21-6-5-7-36(21)28(37)39-29(2,3)4)34-25-13-19(30)12-23(31)26(25)27(18)33-20-14-22(17-32-16-20)35-8-10-38-11-9-35/h12-14,16-17,21H,5-11,15H2,1-4H3,(H,33,34)/t21-/m0/s1. The number of morpholine rings is 1. The number of nitrogens with one attached hydrogen (secondary N) is 1. The maximum atomic E-state index is 15.2. The number of likely N-dealkylation sites (tertiary alicyclic amines) is 1. The maximum Gasteiger partial charge on any atom is 0.410 e. The van der Waals surface area contributed by atoms with E-state index in [0.717, 1.165) is 43.2 Å². The lowest BCUT2D eigenvalue weighted by Gasteiger charge is -2.29. The molecule has 1 N–H and O–H groups in total. The van der Waals surface area contributed by atoms with E-state index in [1.807, 2.05) is 33.8 Å². The summed E-state index contributed by atoms with van der Waals surface area (Å²) in [5, 5.41) is 3.57. The van der Waals surface area contributed by atoms with E-state index in [9.17, 15) is 9.18 Å². The van der Waals surface area contributed by atoms with Gasteiger partial charge in [-0.05, 0) is 52.2 Å². The molecule has 1 amide bonds. The van der Waals surface area contributed by atoms with Gasteiger partial charge in [-0.2, -0.15) is 0 Å². The molecule has 39 heavy (non-hydrogen) atoms. The molecule has 10 heteroatoms. The molecule has 0 spiro atoms. The zero-order valence-electron chi connectivity index (χ0n) is 22.9. The fourth-order valence-electron chi connectivity index (χ4n) is 5.28. The molecule has 5 rings (SSSR count). The summed E-state index contributed by atoms with van der Waals surface area (Å²) in [5.41, 5.74) is 3.15. The van der Waals surface area contributed by atoms with Crippen LogP contribution in [0.3, 0.4) is 0 Å². The highest BCUT2D eigenvalue weighted by Crippen LogP contribution is 2.35. The van der Waals surface area contributed by atoms with E-state index >= 15 is 4.39 Å². The number of fused-ring (bicyclic) bond motifs is 1. The molecule has 8 nitrogen and oxygen atoms in total. The van der Waals surface area contributed by atoms with E-state index in [2.05, 4.69) is 20.2 Å². The van der Waals surface area contributed by atoms with Gasteiger partial charge in [0.05, 0.1) is 53.6 Å². The highest BCUT2D eigenvalue weighted by molar-refractivity contribution is 5.96. The summed E-state index contributed by atoms with van der Waals surface area (Å²) in [6.45, 7) is 10.8. The van der Waals surface area contributed by atoms with Gasteiger partial charge in [-0.15, -0.1) is 0 Å². The quantitative estimate of drug-likeness (QED) is 0.443. The number of halogens is 2. The second-order valence-corrected chi connectivity index (χ2v) is 11.2. The lowest BCUT2D eigenvalue weighted by atomic mass is 10.00. The van der Waals surface area contributed by atoms with Gasteiger partial charge in [-0.3, -0.25) is 9.97 Å². The Morgan fingerprint density at radius 2 is 1.92 bits per heavy atom. The molecule has 0 saturated carbocycles. The number of benzene rings is 1. The Morgan fingerprint density at radius 3 is 2.67 bits per heavy atom. The van der Waals surface area contributed by atoms with Crippen LogP contribution in [0.4, 0.5) is 30.6 Å². The number of amides is 1. The summed E-state index contributed by atoms with van der Waals surface area (Å²) < 4.78 is 40.6. The largest absolute Gasteiger partial charge is 0.444 e. The van der Waals surface area contributed by atoms with Crippen LogP contribution in [0.25, 0.3) is 10.9 Å². The SMILES string of the molecule is Cc1c(C[C@@H]2CCCN2C(=O)OC(C)(C)C)nc2cc(F)cc(F)c2c1Nc1cncc(N2CCOCC2)c1. The Kier molecular flexibility index (Phi) is 7.57. The minimum atomic E-state index is -0.694. The van der Waals surface area contributed by atoms with E-state index in [1.165, 1.54) is 6.07 Å². The molecule has 0 bridgehead atoms. The van der Waals surface area contributed by atoms with E-state index in [-0.39, 0.29) is 23.0 Å². The molecular weight excluding hydrogens is 504 g/mol. The van der Waals surface area contributed by atoms with Crippen molar-refractivity contribution in [3.63, 3.8) is 0 Å². The predicted molar refractivity (Wildman–Crippen MR) is 147 cm³/mol. The van der Waals surface area contributed by atoms with Crippen LogP contribution in [0.2, 0.25) is 0 Å². The zero-order chi connectivity index (χ0) is 27.7. The first-order valence-corrected chi connectivity index (χ1v) is 13.4. The monoisotopic (exact) mass is 539 g/mol. The summed E-state index contributed by atoms with van der Waals surface area (Å²) >= 11 is 0. The molecular formula is C29H35F2N5O3. The summed E-state index contributed by atoms with van der Waals surface area (Å²) in [7, 11) is 0. The number of carbonyl (C=O) groups is 1. The van der Waals surface area contributed by atoms with Crippen LogP contribution < -0.4 is 10.2 Å². The predicted octanol–water partition coefficient (Wildman–Crippen LogP) is 5.74. The first-order chi connectivity index (χ1) is 18.6. The number of pyridine rings is 2. The van der Waals surface area contributed by atoms with Crippen LogP contribution in [0.15, 0.2) is 30.6 Å². The van der Waals surface area contributed by atoms with Crippen LogP contribution >= 0.6 is 0 Å². The third-order valence-corrected chi connectivity index (χ3v) is 7.15. The molecule has 2 fully saturated rings. The number of hydrogen-bond acceptors (Lipinski definition) is 7. The van der Waals surface area contributed by atoms with E-state index in [0.29, 0.717) is 43.2 Å². The van der Waals surface area contributed by atoms with Crippen molar-refractivity contribution in [3.8, 4) is 0 Å². The van der Waals surface area contributed by atoms with Gasteiger partial charge >= 0.3 is 6.09 Å². The summed E-state index contributed by atoms with van der Waals surface area (Å²) in [5.74, 6) is -1.39. The van der Waals surface area contributed by atoms with Crippen LogP contribution in [-0.4, -0.2) is 65.5 Å². The van der Waals surface area contributed by atoms with Crippen LogP contribution in [0.5, 0.6) is 0 Å². The molecule has 3 aromatic rings. The fraction of sp³-hybridized carbons (Fsp3) is 0.483. The van der Waals surface area contributed by atoms with Crippen molar-refractivity contribution in [2.75, 3.05) is 43.1 Å². The average Bonchev–Trinajstić information content (AvgIpc) is 3.34. The van der Waals surface area contributed by atoms with Crippen molar-refractivity contribution in [1.29, 1.82) is 0 Å².